The van der Waals surface area contributed by atoms with Crippen molar-refractivity contribution in [2.45, 2.75) is 12.8 Å². The number of hydrogen-bond donors (Lipinski definition) is 1. The van der Waals surface area contributed by atoms with Crippen LogP contribution in [-0.4, -0.2) is 18.9 Å². The first-order chi connectivity index (χ1) is 7.68. The predicted octanol–water partition coefficient (Wildman–Crippen LogP) is 2.15. The van der Waals surface area contributed by atoms with Gasteiger partial charge >= 0.3 is 0 Å². The van der Waals surface area contributed by atoms with Crippen LogP contribution in [0.4, 0.5) is 8.78 Å². The molecule has 86 valence electrons. The Hall–Kier alpha value is -1.29. The summed E-state index contributed by atoms with van der Waals surface area (Å²) in [4.78, 5) is 11.7. The Labute approximate surface area is 92.7 Å². The third kappa shape index (κ3) is 2.27. The van der Waals surface area contributed by atoms with Gasteiger partial charge in [-0.2, -0.15) is 0 Å². The second kappa shape index (κ2) is 4.70. The Morgan fingerprint density at radius 1 is 1.38 bits per heavy atom. The summed E-state index contributed by atoms with van der Waals surface area (Å²) in [7, 11) is 0. The fourth-order valence-electron chi connectivity index (χ4n) is 2.02. The number of carbonyl (C=O) groups is 1. The molecule has 2 rings (SSSR count). The summed E-state index contributed by atoms with van der Waals surface area (Å²) in [6.45, 7) is 1.62. The van der Waals surface area contributed by atoms with Gasteiger partial charge in [-0.3, -0.25) is 4.79 Å². The minimum Gasteiger partial charge on any atom is -0.316 e. The SMILES string of the molecule is O=C(CC1CCNC1)c1c(F)cccc1F. The molecule has 1 aromatic rings. The van der Waals surface area contributed by atoms with Crippen molar-refractivity contribution < 1.29 is 13.6 Å². The molecule has 1 aliphatic heterocycles. The van der Waals surface area contributed by atoms with Gasteiger partial charge in [0.15, 0.2) is 5.78 Å². The van der Waals surface area contributed by atoms with E-state index in [-0.39, 0.29) is 12.3 Å². The number of nitrogens with one attached hydrogen (secondary N) is 1. The first-order valence-electron chi connectivity index (χ1n) is 5.36. The highest BCUT2D eigenvalue weighted by Crippen LogP contribution is 2.19. The summed E-state index contributed by atoms with van der Waals surface area (Å²) in [5.74, 6) is -1.78. The molecule has 16 heavy (non-hydrogen) atoms. The fraction of sp³-hybridized carbons (Fsp3) is 0.417. The molecule has 1 heterocycles. The van der Waals surface area contributed by atoms with Crippen LogP contribution < -0.4 is 5.32 Å². The van der Waals surface area contributed by atoms with Gasteiger partial charge in [-0.1, -0.05) is 6.07 Å². The van der Waals surface area contributed by atoms with Gasteiger partial charge in [0.2, 0.25) is 0 Å². The largest absolute Gasteiger partial charge is 0.316 e. The zero-order valence-corrected chi connectivity index (χ0v) is 8.80. The van der Waals surface area contributed by atoms with Crippen LogP contribution in [0.2, 0.25) is 0 Å². The molecule has 0 aromatic heterocycles. The van der Waals surface area contributed by atoms with Crippen LogP contribution in [0.25, 0.3) is 0 Å². The molecule has 1 aliphatic rings. The van der Waals surface area contributed by atoms with Gasteiger partial charge in [-0.15, -0.1) is 0 Å². The molecule has 2 nitrogen and oxygen atoms in total. The molecule has 4 heteroatoms. The van der Waals surface area contributed by atoms with Crippen molar-refractivity contribution in [1.29, 1.82) is 0 Å². The van der Waals surface area contributed by atoms with Crippen molar-refractivity contribution in [2.24, 2.45) is 5.92 Å². The van der Waals surface area contributed by atoms with Crippen LogP contribution in [0.5, 0.6) is 0 Å². The number of ketones is 1. The van der Waals surface area contributed by atoms with E-state index in [0.717, 1.165) is 31.6 Å². The normalized spacial score (nSPS) is 20.0. The van der Waals surface area contributed by atoms with E-state index in [1.807, 2.05) is 0 Å². The lowest BCUT2D eigenvalue weighted by atomic mass is 9.97. The zero-order chi connectivity index (χ0) is 11.5. The Morgan fingerprint density at radius 2 is 2.06 bits per heavy atom. The van der Waals surface area contributed by atoms with Crippen molar-refractivity contribution in [2.75, 3.05) is 13.1 Å². The predicted molar refractivity (Wildman–Crippen MR) is 56.3 cm³/mol. The van der Waals surface area contributed by atoms with E-state index in [2.05, 4.69) is 5.32 Å². The van der Waals surface area contributed by atoms with E-state index < -0.39 is 23.0 Å². The van der Waals surface area contributed by atoms with E-state index in [1.165, 1.54) is 6.07 Å². The van der Waals surface area contributed by atoms with Crippen LogP contribution in [0.1, 0.15) is 23.2 Å². The van der Waals surface area contributed by atoms with E-state index >= 15 is 0 Å². The molecule has 0 radical (unpaired) electrons. The van der Waals surface area contributed by atoms with Crippen LogP contribution >= 0.6 is 0 Å². The Balaban J connectivity index is 2.13. The molecule has 0 spiro atoms. The molecular weight excluding hydrogens is 212 g/mol. The number of carbonyl (C=O) groups excluding carboxylic acids is 1. The molecule has 1 saturated heterocycles. The average Bonchev–Trinajstić information content (AvgIpc) is 2.70. The van der Waals surface area contributed by atoms with Crippen molar-refractivity contribution in [1.82, 2.24) is 5.32 Å². The van der Waals surface area contributed by atoms with Crippen LogP contribution in [0.3, 0.4) is 0 Å². The monoisotopic (exact) mass is 225 g/mol. The summed E-state index contributed by atoms with van der Waals surface area (Å²) < 4.78 is 26.6. The molecule has 0 saturated carbocycles. The summed E-state index contributed by atoms with van der Waals surface area (Å²) in [6, 6.07) is 3.49. The molecule has 1 unspecified atom stereocenters. The molecule has 0 aliphatic carbocycles. The van der Waals surface area contributed by atoms with Gasteiger partial charge in [-0.25, -0.2) is 8.78 Å². The maximum atomic E-state index is 13.3. The van der Waals surface area contributed by atoms with Gasteiger partial charge in [-0.05, 0) is 37.6 Å². The quantitative estimate of drug-likeness (QED) is 0.798. The number of hydrogen-bond acceptors (Lipinski definition) is 2. The van der Waals surface area contributed by atoms with Gasteiger partial charge < -0.3 is 5.32 Å². The van der Waals surface area contributed by atoms with E-state index in [9.17, 15) is 13.6 Å². The first-order valence-corrected chi connectivity index (χ1v) is 5.36. The second-order valence-electron chi connectivity index (χ2n) is 4.08. The fourth-order valence-corrected chi connectivity index (χ4v) is 2.02. The van der Waals surface area contributed by atoms with Gasteiger partial charge in [0.1, 0.15) is 11.6 Å². The lowest BCUT2D eigenvalue weighted by Gasteiger charge is -2.08. The van der Waals surface area contributed by atoms with Gasteiger partial charge in [0, 0.05) is 6.42 Å². The number of halogens is 2. The minimum atomic E-state index is -0.768. The van der Waals surface area contributed by atoms with Gasteiger partial charge in [0.05, 0.1) is 5.56 Å². The molecule has 1 fully saturated rings. The van der Waals surface area contributed by atoms with Crippen molar-refractivity contribution in [3.63, 3.8) is 0 Å². The van der Waals surface area contributed by atoms with Crippen molar-refractivity contribution >= 4 is 5.78 Å². The van der Waals surface area contributed by atoms with Crippen LogP contribution in [-0.2, 0) is 0 Å². The lowest BCUT2D eigenvalue weighted by molar-refractivity contribution is 0.0956. The summed E-state index contributed by atoms with van der Waals surface area (Å²) in [5, 5.41) is 3.12. The van der Waals surface area contributed by atoms with E-state index in [0.29, 0.717) is 0 Å². The number of Topliss-reactive ketones (excluding diaryl/α,β-unsaturated/α-hetero) is 1. The average molecular weight is 225 g/mol. The van der Waals surface area contributed by atoms with E-state index in [1.54, 1.807) is 0 Å². The van der Waals surface area contributed by atoms with Crippen molar-refractivity contribution in [3.8, 4) is 0 Å². The summed E-state index contributed by atoms with van der Waals surface area (Å²) in [6.07, 6.45) is 1.10. The minimum absolute atomic E-state index is 0.200. The molecule has 1 atom stereocenters. The summed E-state index contributed by atoms with van der Waals surface area (Å²) in [5.41, 5.74) is -0.394. The zero-order valence-electron chi connectivity index (χ0n) is 8.80. The molecule has 1 aromatic carbocycles. The highest BCUT2D eigenvalue weighted by Gasteiger charge is 2.22. The number of benzene rings is 1. The maximum absolute atomic E-state index is 13.3. The Morgan fingerprint density at radius 3 is 2.62 bits per heavy atom. The van der Waals surface area contributed by atoms with Crippen LogP contribution in [0, 0.1) is 17.6 Å². The highest BCUT2D eigenvalue weighted by atomic mass is 19.1. The van der Waals surface area contributed by atoms with E-state index in [4.69, 9.17) is 0 Å². The molecule has 1 N–H and O–H groups in total. The van der Waals surface area contributed by atoms with Crippen molar-refractivity contribution in [3.05, 3.63) is 35.4 Å². The number of rotatable bonds is 3. The highest BCUT2D eigenvalue weighted by molar-refractivity contribution is 5.96. The topological polar surface area (TPSA) is 29.1 Å². The smallest absolute Gasteiger partial charge is 0.169 e. The molecule has 0 bridgehead atoms. The maximum Gasteiger partial charge on any atom is 0.169 e. The van der Waals surface area contributed by atoms with Crippen LogP contribution in [0.15, 0.2) is 18.2 Å². The summed E-state index contributed by atoms with van der Waals surface area (Å²) >= 11 is 0. The third-order valence-corrected chi connectivity index (χ3v) is 2.88. The Bertz CT molecular complexity index is 380. The standard InChI is InChI=1S/C12H13F2NO/c13-9-2-1-3-10(14)12(9)11(16)6-8-4-5-15-7-8/h1-3,8,15H,4-7H2. The molecule has 0 amide bonds. The first kappa shape index (κ1) is 11.2. The van der Waals surface area contributed by atoms with Gasteiger partial charge in [0.25, 0.3) is 0 Å². The lowest BCUT2D eigenvalue weighted by Crippen LogP contribution is -2.14. The third-order valence-electron chi connectivity index (χ3n) is 2.88. The second-order valence-corrected chi connectivity index (χ2v) is 4.08. The Kier molecular flexibility index (Phi) is 3.29. The molecular formula is C12H13F2NO.